The van der Waals surface area contributed by atoms with Gasteiger partial charge in [-0.05, 0) is 50.6 Å². The van der Waals surface area contributed by atoms with Gasteiger partial charge in [-0.1, -0.05) is 24.3 Å². The molecule has 138 valence electrons. The molecule has 6 heteroatoms. The molecule has 2 aromatic rings. The van der Waals surface area contributed by atoms with Crippen molar-refractivity contribution in [3.05, 3.63) is 54.1 Å². The predicted molar refractivity (Wildman–Crippen MR) is 98.4 cm³/mol. The molecule has 0 saturated carbocycles. The summed E-state index contributed by atoms with van der Waals surface area (Å²) in [6.45, 7) is 5.01. The number of carbonyl (C=O) groups is 2. The Kier molecular flexibility index (Phi) is 6.60. The van der Waals surface area contributed by atoms with Crippen molar-refractivity contribution >= 4 is 17.6 Å². The Labute approximate surface area is 153 Å². The van der Waals surface area contributed by atoms with Gasteiger partial charge in [-0.15, -0.1) is 0 Å². The van der Waals surface area contributed by atoms with Crippen LogP contribution in [0.5, 0.6) is 11.5 Å². The molecule has 0 radical (unpaired) electrons. The van der Waals surface area contributed by atoms with Gasteiger partial charge in [0.25, 0.3) is 5.91 Å². The van der Waals surface area contributed by atoms with Crippen LogP contribution >= 0.6 is 0 Å². The number of anilines is 1. The number of hydrogen-bond donors (Lipinski definition) is 1. The lowest BCUT2D eigenvalue weighted by atomic mass is 10.2. The molecule has 0 fully saturated rings. The van der Waals surface area contributed by atoms with Gasteiger partial charge in [0.05, 0.1) is 12.8 Å². The van der Waals surface area contributed by atoms with Gasteiger partial charge in [0, 0.05) is 0 Å². The standard InChI is InChI=1S/C20H23NO5/c1-13-8-7-9-16(12-13)25-15(3)20(23)26-14(2)19(22)21-17-10-5-6-11-18(17)24-4/h5-12,14-15H,1-4H3,(H,21,22)/t14-,15-/m1/s1. The van der Waals surface area contributed by atoms with E-state index in [1.807, 2.05) is 25.1 Å². The Hall–Kier alpha value is -3.02. The number of rotatable bonds is 7. The molecule has 1 amide bonds. The fraction of sp³-hybridized carbons (Fsp3) is 0.300. The van der Waals surface area contributed by atoms with E-state index in [4.69, 9.17) is 14.2 Å². The predicted octanol–water partition coefficient (Wildman–Crippen LogP) is 3.34. The molecule has 2 aromatic carbocycles. The summed E-state index contributed by atoms with van der Waals surface area (Å²) in [5.74, 6) is 0.0240. The van der Waals surface area contributed by atoms with Crippen molar-refractivity contribution in [2.24, 2.45) is 0 Å². The quantitative estimate of drug-likeness (QED) is 0.770. The maximum Gasteiger partial charge on any atom is 0.347 e. The summed E-state index contributed by atoms with van der Waals surface area (Å²) in [5, 5.41) is 2.68. The zero-order chi connectivity index (χ0) is 19.1. The Balaban J connectivity index is 1.92. The second-order valence-corrected chi connectivity index (χ2v) is 5.85. The highest BCUT2D eigenvalue weighted by molar-refractivity contribution is 5.96. The zero-order valence-electron chi connectivity index (χ0n) is 15.3. The van der Waals surface area contributed by atoms with E-state index in [0.29, 0.717) is 17.2 Å². The van der Waals surface area contributed by atoms with Crippen LogP contribution in [-0.2, 0) is 14.3 Å². The van der Waals surface area contributed by atoms with Crippen LogP contribution in [0.15, 0.2) is 48.5 Å². The number of amides is 1. The summed E-state index contributed by atoms with van der Waals surface area (Å²) in [7, 11) is 1.51. The largest absolute Gasteiger partial charge is 0.495 e. The van der Waals surface area contributed by atoms with Crippen molar-refractivity contribution in [3.63, 3.8) is 0 Å². The number of esters is 1. The van der Waals surface area contributed by atoms with Gasteiger partial charge in [0.2, 0.25) is 0 Å². The summed E-state index contributed by atoms with van der Waals surface area (Å²) < 4.78 is 16.0. The first-order valence-corrected chi connectivity index (χ1v) is 8.28. The van der Waals surface area contributed by atoms with Crippen LogP contribution in [0.3, 0.4) is 0 Å². The lowest BCUT2D eigenvalue weighted by molar-refractivity contribution is -0.159. The number of methoxy groups -OCH3 is 1. The molecule has 0 aliphatic heterocycles. The third kappa shape index (κ3) is 5.24. The van der Waals surface area contributed by atoms with E-state index in [1.165, 1.54) is 14.0 Å². The van der Waals surface area contributed by atoms with Gasteiger partial charge in [-0.25, -0.2) is 4.79 Å². The molecule has 6 nitrogen and oxygen atoms in total. The Morgan fingerprint density at radius 1 is 1.00 bits per heavy atom. The van der Waals surface area contributed by atoms with Gasteiger partial charge in [-0.3, -0.25) is 4.79 Å². The highest BCUT2D eigenvalue weighted by atomic mass is 16.6. The van der Waals surface area contributed by atoms with E-state index in [-0.39, 0.29) is 0 Å². The molecule has 2 rings (SSSR count). The number of hydrogen-bond acceptors (Lipinski definition) is 5. The first-order chi connectivity index (χ1) is 12.4. The first kappa shape index (κ1) is 19.3. The molecule has 0 aliphatic carbocycles. The van der Waals surface area contributed by atoms with Crippen molar-refractivity contribution in [1.82, 2.24) is 0 Å². The Bertz CT molecular complexity index is 774. The Morgan fingerprint density at radius 2 is 1.73 bits per heavy atom. The van der Waals surface area contributed by atoms with Crippen LogP contribution in [0, 0.1) is 6.92 Å². The van der Waals surface area contributed by atoms with Gasteiger partial charge in [0.15, 0.2) is 12.2 Å². The molecule has 0 aromatic heterocycles. The average molecular weight is 357 g/mol. The van der Waals surface area contributed by atoms with Crippen molar-refractivity contribution in [2.45, 2.75) is 33.0 Å². The van der Waals surface area contributed by atoms with Crippen molar-refractivity contribution < 1.29 is 23.8 Å². The van der Waals surface area contributed by atoms with Crippen LogP contribution in [0.2, 0.25) is 0 Å². The van der Waals surface area contributed by atoms with Crippen molar-refractivity contribution in [1.29, 1.82) is 0 Å². The fourth-order valence-corrected chi connectivity index (χ4v) is 2.25. The first-order valence-electron chi connectivity index (χ1n) is 8.28. The topological polar surface area (TPSA) is 73.9 Å². The second-order valence-electron chi connectivity index (χ2n) is 5.85. The smallest absolute Gasteiger partial charge is 0.347 e. The minimum absolute atomic E-state index is 0.453. The summed E-state index contributed by atoms with van der Waals surface area (Å²) in [6, 6.07) is 14.3. The number of carbonyl (C=O) groups excluding carboxylic acids is 2. The summed E-state index contributed by atoms with van der Waals surface area (Å²) in [4.78, 5) is 24.4. The second kappa shape index (κ2) is 8.89. The molecule has 0 spiro atoms. The highest BCUT2D eigenvalue weighted by Crippen LogP contribution is 2.23. The zero-order valence-corrected chi connectivity index (χ0v) is 15.3. The van der Waals surface area contributed by atoms with Crippen LogP contribution in [-0.4, -0.2) is 31.2 Å². The number of nitrogens with one attached hydrogen (secondary N) is 1. The van der Waals surface area contributed by atoms with E-state index in [1.54, 1.807) is 37.3 Å². The molecule has 1 N–H and O–H groups in total. The van der Waals surface area contributed by atoms with E-state index in [9.17, 15) is 9.59 Å². The van der Waals surface area contributed by atoms with Crippen LogP contribution < -0.4 is 14.8 Å². The summed E-state index contributed by atoms with van der Waals surface area (Å²) in [6.07, 6.45) is -1.81. The Morgan fingerprint density at radius 3 is 2.42 bits per heavy atom. The van der Waals surface area contributed by atoms with Gasteiger partial charge in [-0.2, -0.15) is 0 Å². The lowest BCUT2D eigenvalue weighted by Gasteiger charge is -2.18. The summed E-state index contributed by atoms with van der Waals surface area (Å²) >= 11 is 0. The molecule has 0 heterocycles. The number of para-hydroxylation sites is 2. The minimum atomic E-state index is -0.976. The van der Waals surface area contributed by atoms with Crippen LogP contribution in [0.25, 0.3) is 0 Å². The minimum Gasteiger partial charge on any atom is -0.495 e. The molecular formula is C20H23NO5. The van der Waals surface area contributed by atoms with Crippen molar-refractivity contribution in [2.75, 3.05) is 12.4 Å². The van der Waals surface area contributed by atoms with Crippen LogP contribution in [0.1, 0.15) is 19.4 Å². The lowest BCUT2D eigenvalue weighted by Crippen LogP contribution is -2.35. The van der Waals surface area contributed by atoms with Gasteiger partial charge >= 0.3 is 5.97 Å². The van der Waals surface area contributed by atoms with E-state index in [2.05, 4.69) is 5.32 Å². The molecular weight excluding hydrogens is 334 g/mol. The molecule has 26 heavy (non-hydrogen) atoms. The fourth-order valence-electron chi connectivity index (χ4n) is 2.25. The molecule has 0 bridgehead atoms. The normalized spacial score (nSPS) is 12.6. The number of ether oxygens (including phenoxy) is 3. The summed E-state index contributed by atoms with van der Waals surface area (Å²) in [5.41, 5.74) is 1.53. The molecule has 2 atom stereocenters. The third-order valence-electron chi connectivity index (χ3n) is 3.66. The average Bonchev–Trinajstić information content (AvgIpc) is 2.62. The molecule has 0 unspecified atom stereocenters. The van der Waals surface area contributed by atoms with E-state index in [0.717, 1.165) is 5.56 Å². The van der Waals surface area contributed by atoms with Gasteiger partial charge < -0.3 is 19.5 Å². The van der Waals surface area contributed by atoms with Crippen LogP contribution in [0.4, 0.5) is 5.69 Å². The molecule has 0 saturated heterocycles. The maximum absolute atomic E-state index is 12.3. The van der Waals surface area contributed by atoms with Gasteiger partial charge in [0.1, 0.15) is 11.5 Å². The number of benzene rings is 2. The highest BCUT2D eigenvalue weighted by Gasteiger charge is 2.23. The maximum atomic E-state index is 12.3. The number of aryl methyl sites for hydroxylation is 1. The van der Waals surface area contributed by atoms with Crippen molar-refractivity contribution in [3.8, 4) is 11.5 Å². The SMILES string of the molecule is COc1ccccc1NC(=O)[C@@H](C)OC(=O)[C@@H](C)Oc1cccc(C)c1. The van der Waals surface area contributed by atoms with E-state index >= 15 is 0 Å². The van der Waals surface area contributed by atoms with E-state index < -0.39 is 24.1 Å². The monoisotopic (exact) mass is 357 g/mol. The third-order valence-corrected chi connectivity index (χ3v) is 3.66. The molecule has 0 aliphatic rings.